The number of rotatable bonds is 9. The lowest BCUT2D eigenvalue weighted by atomic mass is 10.00. The van der Waals surface area contributed by atoms with Crippen molar-refractivity contribution >= 4 is 46.6 Å². The van der Waals surface area contributed by atoms with Crippen LogP contribution in [0.2, 0.25) is 5.02 Å². The molecule has 0 bridgehead atoms. The van der Waals surface area contributed by atoms with Crippen molar-refractivity contribution in [3.05, 3.63) is 124 Å². The topological polar surface area (TPSA) is 80.2 Å². The average Bonchev–Trinajstić information content (AvgIpc) is 3.33. The van der Waals surface area contributed by atoms with Crippen molar-refractivity contribution in [1.29, 1.82) is 0 Å². The Morgan fingerprint density at radius 2 is 1.68 bits per heavy atom. The molecule has 7 nitrogen and oxygen atoms in total. The minimum atomic E-state index is -4.54. The highest BCUT2D eigenvalue weighted by atomic mass is 35.5. The third-order valence-electron chi connectivity index (χ3n) is 6.41. The molecule has 0 unspecified atom stereocenters. The van der Waals surface area contributed by atoms with Gasteiger partial charge in [-0.2, -0.15) is 23.3 Å². The number of hydrogen-bond acceptors (Lipinski definition) is 5. The first-order valence-corrected chi connectivity index (χ1v) is 13.8. The average molecular weight is 620 g/mol. The van der Waals surface area contributed by atoms with Gasteiger partial charge in [-0.05, 0) is 73.2 Å². The van der Waals surface area contributed by atoms with Gasteiger partial charge in [0, 0.05) is 16.3 Å². The number of halogens is 4. The second kappa shape index (κ2) is 13.0. The molecule has 5 rings (SSSR count). The minimum Gasteiger partial charge on any atom is -0.490 e. The number of amides is 2. The van der Waals surface area contributed by atoms with Gasteiger partial charge in [0.1, 0.15) is 5.71 Å². The number of nitrogens with zero attached hydrogens (tertiary/aromatic N) is 2. The highest BCUT2D eigenvalue weighted by Gasteiger charge is 2.32. The summed E-state index contributed by atoms with van der Waals surface area (Å²) in [6.07, 6.45) is -2.84. The van der Waals surface area contributed by atoms with Gasteiger partial charge >= 0.3 is 6.18 Å². The minimum absolute atomic E-state index is 0.00908. The molecular formula is C33H25ClF3N3O4. The molecule has 0 fully saturated rings. The van der Waals surface area contributed by atoms with E-state index < -0.39 is 24.3 Å². The first kappa shape index (κ1) is 30.4. The SMILES string of the molecule is CCOc1cc(C=C2C(=O)N(c3ccc(Cl)cc3)N=C2c2ccccc2)ccc1OCC(=O)Nc1cccc(C(F)(F)F)c1. The van der Waals surface area contributed by atoms with Crippen LogP contribution >= 0.6 is 11.6 Å². The lowest BCUT2D eigenvalue weighted by Gasteiger charge is -2.14. The fourth-order valence-electron chi connectivity index (χ4n) is 4.39. The van der Waals surface area contributed by atoms with Crippen LogP contribution in [0.15, 0.2) is 108 Å². The van der Waals surface area contributed by atoms with Gasteiger partial charge in [0.2, 0.25) is 0 Å². The van der Waals surface area contributed by atoms with E-state index in [1.165, 1.54) is 17.1 Å². The summed E-state index contributed by atoms with van der Waals surface area (Å²) in [5.41, 5.74) is 1.86. The van der Waals surface area contributed by atoms with E-state index in [1.807, 2.05) is 30.3 Å². The molecule has 0 aromatic heterocycles. The predicted molar refractivity (Wildman–Crippen MR) is 163 cm³/mol. The van der Waals surface area contributed by atoms with Crippen molar-refractivity contribution in [3.8, 4) is 11.5 Å². The van der Waals surface area contributed by atoms with Gasteiger partial charge in [-0.1, -0.05) is 54.1 Å². The third-order valence-corrected chi connectivity index (χ3v) is 6.66. The zero-order chi connectivity index (χ0) is 31.3. The summed E-state index contributed by atoms with van der Waals surface area (Å²) in [5, 5.41) is 8.87. The number of carbonyl (C=O) groups excluding carboxylic acids is 2. The van der Waals surface area contributed by atoms with Crippen LogP contribution in [-0.2, 0) is 15.8 Å². The van der Waals surface area contributed by atoms with Crippen LogP contribution in [0.3, 0.4) is 0 Å². The van der Waals surface area contributed by atoms with Crippen molar-refractivity contribution in [2.24, 2.45) is 5.10 Å². The summed E-state index contributed by atoms with van der Waals surface area (Å²) in [7, 11) is 0. The van der Waals surface area contributed by atoms with E-state index >= 15 is 0 Å². The van der Waals surface area contributed by atoms with Crippen molar-refractivity contribution in [1.82, 2.24) is 0 Å². The zero-order valence-corrected chi connectivity index (χ0v) is 24.0. The molecule has 1 heterocycles. The maximum Gasteiger partial charge on any atom is 0.416 e. The van der Waals surface area contributed by atoms with E-state index in [-0.39, 0.29) is 24.0 Å². The van der Waals surface area contributed by atoms with Crippen LogP contribution in [0.5, 0.6) is 11.5 Å². The Bertz CT molecular complexity index is 1740. The molecule has 1 aliphatic rings. The largest absolute Gasteiger partial charge is 0.490 e. The highest BCUT2D eigenvalue weighted by Crippen LogP contribution is 2.33. The molecule has 0 spiro atoms. The van der Waals surface area contributed by atoms with Gasteiger partial charge in [-0.25, -0.2) is 0 Å². The Labute approximate surface area is 256 Å². The number of carbonyl (C=O) groups is 2. The van der Waals surface area contributed by atoms with E-state index in [4.69, 9.17) is 21.1 Å². The van der Waals surface area contributed by atoms with Gasteiger partial charge in [-0.15, -0.1) is 0 Å². The Morgan fingerprint density at radius 3 is 2.39 bits per heavy atom. The maximum atomic E-state index is 13.6. The Hall–Kier alpha value is -5.09. The smallest absolute Gasteiger partial charge is 0.416 e. The van der Waals surface area contributed by atoms with Crippen molar-refractivity contribution in [2.75, 3.05) is 23.5 Å². The number of hydrogen-bond donors (Lipinski definition) is 1. The number of alkyl halides is 3. The monoisotopic (exact) mass is 619 g/mol. The van der Waals surface area contributed by atoms with Gasteiger partial charge < -0.3 is 14.8 Å². The molecule has 4 aromatic rings. The number of nitrogens with one attached hydrogen (secondary N) is 1. The van der Waals surface area contributed by atoms with Crippen LogP contribution in [0.25, 0.3) is 6.08 Å². The molecule has 44 heavy (non-hydrogen) atoms. The van der Waals surface area contributed by atoms with Crippen molar-refractivity contribution in [3.63, 3.8) is 0 Å². The highest BCUT2D eigenvalue weighted by molar-refractivity contribution is 6.37. The van der Waals surface area contributed by atoms with E-state index in [2.05, 4.69) is 10.4 Å². The van der Waals surface area contributed by atoms with Crippen molar-refractivity contribution in [2.45, 2.75) is 13.1 Å². The van der Waals surface area contributed by atoms with Gasteiger partial charge in [0.25, 0.3) is 11.8 Å². The quantitative estimate of drug-likeness (QED) is 0.196. The maximum absolute atomic E-state index is 13.6. The summed E-state index contributed by atoms with van der Waals surface area (Å²) in [4.78, 5) is 26.1. The lowest BCUT2D eigenvalue weighted by Crippen LogP contribution is -2.21. The predicted octanol–water partition coefficient (Wildman–Crippen LogP) is 7.61. The summed E-state index contributed by atoms with van der Waals surface area (Å²) in [5.74, 6) is -0.436. The molecule has 224 valence electrons. The van der Waals surface area contributed by atoms with Crippen LogP contribution in [-0.4, -0.2) is 30.7 Å². The molecule has 0 saturated heterocycles. The van der Waals surface area contributed by atoms with Gasteiger partial charge in [0.15, 0.2) is 18.1 Å². The molecule has 11 heteroatoms. The number of anilines is 2. The first-order valence-electron chi connectivity index (χ1n) is 13.5. The first-order chi connectivity index (χ1) is 21.1. The molecule has 4 aromatic carbocycles. The van der Waals surface area contributed by atoms with E-state index in [1.54, 1.807) is 55.5 Å². The Kier molecular flexibility index (Phi) is 9.01. The van der Waals surface area contributed by atoms with E-state index in [0.29, 0.717) is 33.3 Å². The Morgan fingerprint density at radius 1 is 0.932 bits per heavy atom. The van der Waals surface area contributed by atoms with Crippen LogP contribution in [0.1, 0.15) is 23.6 Å². The van der Waals surface area contributed by atoms with Crippen LogP contribution < -0.4 is 19.8 Å². The second-order valence-corrected chi connectivity index (χ2v) is 9.96. The summed E-state index contributed by atoms with van der Waals surface area (Å²) < 4.78 is 50.4. The molecule has 0 aliphatic carbocycles. The second-order valence-electron chi connectivity index (χ2n) is 9.52. The molecule has 0 radical (unpaired) electrons. The van der Waals surface area contributed by atoms with Crippen LogP contribution in [0, 0.1) is 0 Å². The van der Waals surface area contributed by atoms with E-state index in [9.17, 15) is 22.8 Å². The van der Waals surface area contributed by atoms with E-state index in [0.717, 1.165) is 17.7 Å². The van der Waals surface area contributed by atoms with Gasteiger partial charge in [0.05, 0.1) is 23.4 Å². The number of hydrazone groups is 1. The fraction of sp³-hybridized carbons (Fsp3) is 0.121. The van der Waals surface area contributed by atoms with Crippen LogP contribution in [0.4, 0.5) is 24.5 Å². The van der Waals surface area contributed by atoms with Crippen molar-refractivity contribution < 1.29 is 32.2 Å². The Balaban J connectivity index is 1.37. The molecule has 0 atom stereocenters. The molecule has 2 amide bonds. The third kappa shape index (κ3) is 7.09. The summed E-state index contributed by atoms with van der Waals surface area (Å²) >= 11 is 6.03. The molecule has 0 saturated carbocycles. The summed E-state index contributed by atoms with van der Waals surface area (Å²) in [6, 6.07) is 25.3. The number of ether oxygens (including phenoxy) is 2. The lowest BCUT2D eigenvalue weighted by molar-refractivity contribution is -0.137. The summed E-state index contributed by atoms with van der Waals surface area (Å²) in [6.45, 7) is 1.59. The molecule has 1 aliphatic heterocycles. The zero-order valence-electron chi connectivity index (χ0n) is 23.3. The fourth-order valence-corrected chi connectivity index (χ4v) is 4.52. The normalized spacial score (nSPS) is 14.0. The number of benzene rings is 4. The van der Waals surface area contributed by atoms with Gasteiger partial charge in [-0.3, -0.25) is 9.59 Å². The molecular weight excluding hydrogens is 595 g/mol. The molecule has 1 N–H and O–H groups in total. The standard InChI is InChI=1S/C33H25ClF3N3O4/c1-2-43-29-18-21(11-16-28(29)44-20-30(41)38-25-10-6-9-23(19-25)33(35,36)37)17-27-31(22-7-4-3-5-8-22)39-40(32(27)42)26-14-12-24(34)13-15-26/h3-19H,2,20H2,1H3,(H,38,41).